The van der Waals surface area contributed by atoms with Gasteiger partial charge in [-0.25, -0.2) is 0 Å². The number of nitrogens with one attached hydrogen (secondary N) is 1. The van der Waals surface area contributed by atoms with Crippen LogP contribution < -0.4 is 11.1 Å². The topological polar surface area (TPSA) is 58.3 Å². The second-order valence-electron chi connectivity index (χ2n) is 7.04. The Kier molecular flexibility index (Phi) is 12.9. The van der Waals surface area contributed by atoms with Crippen LogP contribution in [0, 0.1) is 5.92 Å². The van der Waals surface area contributed by atoms with Crippen LogP contribution in [0.3, 0.4) is 0 Å². The first kappa shape index (κ1) is 25.5. The number of hydrogen-bond acceptors (Lipinski definition) is 3. The average molecular weight is 411 g/mol. The second-order valence-corrected chi connectivity index (χ2v) is 7.04. The Balaban J connectivity index is 0.00000338. The molecule has 0 radical (unpaired) electrons. The van der Waals surface area contributed by atoms with Crippen molar-refractivity contribution in [1.82, 2.24) is 5.32 Å². The van der Waals surface area contributed by atoms with Crippen LogP contribution in [0.15, 0.2) is 60.7 Å². The standard InChI is InChI=1S/C22H30N2O.2ClH/c1-17(2)14-21(11-8-18-6-4-3-5-7-18)24-16-20(23)15-19-9-12-22(25)13-10-19;;/h3-13,17,20-21,24-25H,14-16,23H2,1-2H3;2*1H/t20-,21+;;/m0../s1. The first-order chi connectivity index (χ1) is 12.0. The summed E-state index contributed by atoms with van der Waals surface area (Å²) < 4.78 is 0. The van der Waals surface area contributed by atoms with Crippen molar-refractivity contribution < 1.29 is 5.11 Å². The third-order valence-electron chi connectivity index (χ3n) is 4.12. The van der Waals surface area contributed by atoms with Crippen molar-refractivity contribution in [3.8, 4) is 5.75 Å². The lowest BCUT2D eigenvalue weighted by Crippen LogP contribution is -2.40. The third-order valence-corrected chi connectivity index (χ3v) is 4.12. The van der Waals surface area contributed by atoms with E-state index in [1.54, 1.807) is 12.1 Å². The van der Waals surface area contributed by atoms with Crippen molar-refractivity contribution in [2.24, 2.45) is 11.7 Å². The number of phenolic OH excluding ortho intramolecular Hbond substituents is 1. The number of aromatic hydroxyl groups is 1. The maximum atomic E-state index is 9.35. The molecule has 0 bridgehead atoms. The molecule has 0 aliphatic carbocycles. The van der Waals surface area contributed by atoms with Gasteiger partial charge in [-0.05, 0) is 42.0 Å². The van der Waals surface area contributed by atoms with E-state index in [-0.39, 0.29) is 30.9 Å². The molecule has 0 saturated heterocycles. The van der Waals surface area contributed by atoms with Gasteiger partial charge in [0.2, 0.25) is 0 Å². The maximum Gasteiger partial charge on any atom is 0.115 e. The molecule has 150 valence electrons. The lowest BCUT2D eigenvalue weighted by molar-refractivity contribution is 0.453. The number of benzene rings is 2. The molecule has 0 unspecified atom stereocenters. The molecule has 0 amide bonds. The van der Waals surface area contributed by atoms with Crippen LogP contribution in [-0.4, -0.2) is 23.7 Å². The van der Waals surface area contributed by atoms with Gasteiger partial charge in [0, 0.05) is 18.6 Å². The highest BCUT2D eigenvalue weighted by molar-refractivity contribution is 5.85. The zero-order valence-electron chi connectivity index (χ0n) is 16.0. The van der Waals surface area contributed by atoms with E-state index < -0.39 is 0 Å². The molecule has 2 rings (SSSR count). The quantitative estimate of drug-likeness (QED) is 0.554. The maximum absolute atomic E-state index is 9.35. The fraction of sp³-hybridized carbons (Fsp3) is 0.364. The minimum absolute atomic E-state index is 0. The Labute approximate surface area is 175 Å². The average Bonchev–Trinajstić information content (AvgIpc) is 2.60. The monoisotopic (exact) mass is 410 g/mol. The molecule has 5 heteroatoms. The predicted molar refractivity (Wildman–Crippen MR) is 121 cm³/mol. The number of nitrogens with two attached hydrogens (primary N) is 1. The molecule has 2 aromatic rings. The van der Waals surface area contributed by atoms with Gasteiger partial charge < -0.3 is 16.2 Å². The van der Waals surface area contributed by atoms with Gasteiger partial charge in [0.15, 0.2) is 0 Å². The summed E-state index contributed by atoms with van der Waals surface area (Å²) in [6.07, 6.45) is 6.29. The first-order valence-corrected chi connectivity index (χ1v) is 9.03. The number of phenols is 1. The molecule has 2 atom stereocenters. The smallest absolute Gasteiger partial charge is 0.115 e. The molecule has 4 N–H and O–H groups in total. The number of halogens is 2. The Bertz CT molecular complexity index is 645. The van der Waals surface area contributed by atoms with Crippen molar-refractivity contribution in [2.75, 3.05) is 6.54 Å². The Morgan fingerprint density at radius 3 is 2.22 bits per heavy atom. The Hall–Kier alpha value is -1.52. The van der Waals surface area contributed by atoms with Crippen LogP contribution in [-0.2, 0) is 6.42 Å². The fourth-order valence-electron chi connectivity index (χ4n) is 2.84. The summed E-state index contributed by atoms with van der Waals surface area (Å²) in [5.74, 6) is 0.907. The van der Waals surface area contributed by atoms with Crippen LogP contribution in [0.1, 0.15) is 31.4 Å². The van der Waals surface area contributed by atoms with Gasteiger partial charge in [0.1, 0.15) is 5.75 Å². The zero-order chi connectivity index (χ0) is 18.1. The Morgan fingerprint density at radius 2 is 1.63 bits per heavy atom. The van der Waals surface area contributed by atoms with E-state index in [0.29, 0.717) is 17.7 Å². The van der Waals surface area contributed by atoms with Crippen molar-refractivity contribution >= 4 is 30.9 Å². The molecule has 0 saturated carbocycles. The molecular weight excluding hydrogens is 379 g/mol. The molecule has 0 aliphatic rings. The molecular formula is C22H32Cl2N2O. The summed E-state index contributed by atoms with van der Waals surface area (Å²) >= 11 is 0. The molecule has 0 heterocycles. The van der Waals surface area contributed by atoms with Gasteiger partial charge in [-0.3, -0.25) is 0 Å². The van der Waals surface area contributed by atoms with Crippen LogP contribution in [0.5, 0.6) is 5.75 Å². The van der Waals surface area contributed by atoms with Crippen molar-refractivity contribution in [2.45, 2.75) is 38.8 Å². The van der Waals surface area contributed by atoms with E-state index in [9.17, 15) is 5.11 Å². The SMILES string of the molecule is CC(C)C[C@@H](C=Cc1ccccc1)NC[C@@H](N)Cc1ccc(O)cc1.Cl.Cl. The summed E-state index contributed by atoms with van der Waals surface area (Å²) in [5.41, 5.74) is 8.64. The highest BCUT2D eigenvalue weighted by Gasteiger charge is 2.10. The summed E-state index contributed by atoms with van der Waals surface area (Å²) in [7, 11) is 0. The fourth-order valence-corrected chi connectivity index (χ4v) is 2.84. The molecule has 27 heavy (non-hydrogen) atoms. The minimum Gasteiger partial charge on any atom is -0.508 e. The number of hydrogen-bond donors (Lipinski definition) is 3. The second kappa shape index (κ2) is 13.6. The van der Waals surface area contributed by atoms with Gasteiger partial charge in [0.25, 0.3) is 0 Å². The van der Waals surface area contributed by atoms with E-state index in [0.717, 1.165) is 24.9 Å². The van der Waals surface area contributed by atoms with E-state index in [1.807, 2.05) is 18.2 Å². The lowest BCUT2D eigenvalue weighted by Gasteiger charge is -2.20. The molecule has 2 aromatic carbocycles. The summed E-state index contributed by atoms with van der Waals surface area (Å²) in [6, 6.07) is 18.0. The van der Waals surface area contributed by atoms with E-state index >= 15 is 0 Å². The molecule has 0 aliphatic heterocycles. The highest BCUT2D eigenvalue weighted by atomic mass is 35.5. The van der Waals surface area contributed by atoms with Crippen LogP contribution in [0.4, 0.5) is 0 Å². The predicted octanol–water partition coefficient (Wildman–Crippen LogP) is 4.82. The zero-order valence-corrected chi connectivity index (χ0v) is 17.7. The Morgan fingerprint density at radius 1 is 1.00 bits per heavy atom. The van der Waals surface area contributed by atoms with Gasteiger partial charge in [-0.1, -0.05) is 68.5 Å². The van der Waals surface area contributed by atoms with Gasteiger partial charge in [0.05, 0.1) is 0 Å². The van der Waals surface area contributed by atoms with E-state index in [4.69, 9.17) is 5.73 Å². The van der Waals surface area contributed by atoms with Crippen LogP contribution in [0.2, 0.25) is 0 Å². The number of rotatable bonds is 9. The van der Waals surface area contributed by atoms with Crippen LogP contribution >= 0.6 is 24.8 Å². The van der Waals surface area contributed by atoms with Crippen molar-refractivity contribution in [3.63, 3.8) is 0 Å². The lowest BCUT2D eigenvalue weighted by atomic mass is 10.0. The first-order valence-electron chi connectivity index (χ1n) is 9.03. The van der Waals surface area contributed by atoms with Crippen molar-refractivity contribution in [1.29, 1.82) is 0 Å². The molecule has 3 nitrogen and oxygen atoms in total. The van der Waals surface area contributed by atoms with Gasteiger partial charge >= 0.3 is 0 Å². The molecule has 0 aromatic heterocycles. The summed E-state index contributed by atoms with van der Waals surface area (Å²) in [6.45, 7) is 5.24. The molecule has 0 spiro atoms. The third kappa shape index (κ3) is 10.4. The van der Waals surface area contributed by atoms with Gasteiger partial charge in [-0.15, -0.1) is 24.8 Å². The van der Waals surface area contributed by atoms with Crippen LogP contribution in [0.25, 0.3) is 6.08 Å². The largest absolute Gasteiger partial charge is 0.508 e. The normalized spacial score (nSPS) is 13.0. The highest BCUT2D eigenvalue weighted by Crippen LogP contribution is 2.12. The van der Waals surface area contributed by atoms with E-state index in [1.165, 1.54) is 5.56 Å². The summed E-state index contributed by atoms with van der Waals surface area (Å²) in [5, 5.41) is 12.9. The summed E-state index contributed by atoms with van der Waals surface area (Å²) in [4.78, 5) is 0. The van der Waals surface area contributed by atoms with Gasteiger partial charge in [-0.2, -0.15) is 0 Å². The van der Waals surface area contributed by atoms with E-state index in [2.05, 4.69) is 55.6 Å². The minimum atomic E-state index is 0. The van der Waals surface area contributed by atoms with Crippen molar-refractivity contribution in [3.05, 3.63) is 71.8 Å². The molecule has 0 fully saturated rings.